The molecule has 0 radical (unpaired) electrons. The van der Waals surface area contributed by atoms with E-state index in [2.05, 4.69) is 22.1 Å². The molecule has 0 aromatic carbocycles. The zero-order valence-electron chi connectivity index (χ0n) is 19.4. The second kappa shape index (κ2) is 11.1. The number of carbonyl (C=O) groups is 2. The average Bonchev–Trinajstić information content (AvgIpc) is 3.49. The summed E-state index contributed by atoms with van der Waals surface area (Å²) in [7, 11) is 1.38. The topological polar surface area (TPSA) is 99.2 Å². The minimum absolute atomic E-state index is 0.128. The second-order valence-corrected chi connectivity index (χ2v) is 10.1. The number of nitrogens with one attached hydrogen (secondary N) is 1. The maximum atomic E-state index is 12.9. The van der Waals surface area contributed by atoms with Gasteiger partial charge in [-0.1, -0.05) is 30.7 Å². The number of aryl methyl sites for hydroxylation is 2. The van der Waals surface area contributed by atoms with Gasteiger partial charge in [0.05, 0.1) is 30.3 Å². The fraction of sp³-hybridized carbons (Fsp3) is 0.417. The van der Waals surface area contributed by atoms with Gasteiger partial charge in [-0.25, -0.2) is 4.79 Å². The Labute approximate surface area is 206 Å². The smallest absolute Gasteiger partial charge is 0.341 e. The van der Waals surface area contributed by atoms with Crippen LogP contribution in [-0.4, -0.2) is 39.5 Å². The van der Waals surface area contributed by atoms with E-state index in [1.807, 2.05) is 17.6 Å². The second-order valence-electron chi connectivity index (χ2n) is 8.05. The lowest BCUT2D eigenvalue weighted by atomic mass is 9.96. The number of furan rings is 1. The van der Waals surface area contributed by atoms with Gasteiger partial charge in [0, 0.05) is 11.4 Å². The van der Waals surface area contributed by atoms with Crippen molar-refractivity contribution in [3.05, 3.63) is 46.7 Å². The Hall–Kier alpha value is -2.85. The van der Waals surface area contributed by atoms with Crippen molar-refractivity contribution < 1.29 is 18.7 Å². The van der Waals surface area contributed by atoms with Gasteiger partial charge in [-0.15, -0.1) is 28.1 Å². The Balaban J connectivity index is 1.51. The standard InChI is InChI=1S/C24H28N4O4S2/c1-4-12-28-21(16-11-13-32-15(16)2)26-27-24(28)33-14-19(29)25-22-20(23(30)31-3)17-9-7-5-6-8-10-18(17)34-22/h4,11,13H,1,5-10,12,14H2,2-3H3,(H,25,29). The highest BCUT2D eigenvalue weighted by molar-refractivity contribution is 7.99. The fourth-order valence-electron chi connectivity index (χ4n) is 4.12. The van der Waals surface area contributed by atoms with Crippen molar-refractivity contribution in [3.8, 4) is 11.4 Å². The third-order valence-corrected chi connectivity index (χ3v) is 7.95. The molecule has 0 saturated carbocycles. The first kappa shape index (κ1) is 24.3. The van der Waals surface area contributed by atoms with Crippen molar-refractivity contribution in [1.29, 1.82) is 0 Å². The summed E-state index contributed by atoms with van der Waals surface area (Å²) in [5.41, 5.74) is 2.39. The Morgan fingerprint density at radius 3 is 2.79 bits per heavy atom. The number of hydrogen-bond donors (Lipinski definition) is 1. The summed E-state index contributed by atoms with van der Waals surface area (Å²) in [4.78, 5) is 26.6. The lowest BCUT2D eigenvalue weighted by Crippen LogP contribution is -2.17. The van der Waals surface area contributed by atoms with Crippen LogP contribution in [0.1, 0.15) is 52.2 Å². The molecular weight excluding hydrogens is 472 g/mol. The minimum atomic E-state index is -0.396. The number of amides is 1. The first-order chi connectivity index (χ1) is 16.5. The number of anilines is 1. The molecule has 3 aromatic rings. The molecule has 4 rings (SSSR count). The predicted octanol–water partition coefficient (Wildman–Crippen LogP) is 5.27. The molecule has 180 valence electrons. The van der Waals surface area contributed by atoms with E-state index in [4.69, 9.17) is 9.15 Å². The summed E-state index contributed by atoms with van der Waals surface area (Å²) in [6.45, 7) is 6.19. The molecule has 0 saturated heterocycles. The first-order valence-electron chi connectivity index (χ1n) is 11.3. The quantitative estimate of drug-likeness (QED) is 0.255. The molecule has 0 fully saturated rings. The Bertz CT molecular complexity index is 1190. The molecule has 3 heterocycles. The zero-order valence-corrected chi connectivity index (χ0v) is 21.0. The van der Waals surface area contributed by atoms with Crippen molar-refractivity contribution >= 4 is 40.0 Å². The number of aromatic nitrogens is 3. The largest absolute Gasteiger partial charge is 0.469 e. The number of thiophene rings is 1. The highest BCUT2D eigenvalue weighted by atomic mass is 32.2. The van der Waals surface area contributed by atoms with Crippen LogP contribution in [0.5, 0.6) is 0 Å². The van der Waals surface area contributed by atoms with Gasteiger partial charge in [0.1, 0.15) is 10.8 Å². The van der Waals surface area contributed by atoms with Crippen LogP contribution in [0.25, 0.3) is 11.4 Å². The number of esters is 1. The molecule has 1 amide bonds. The van der Waals surface area contributed by atoms with Gasteiger partial charge in [0.2, 0.25) is 5.91 Å². The summed E-state index contributed by atoms with van der Waals surface area (Å²) in [5.74, 6) is 0.934. The molecular formula is C24H28N4O4S2. The Kier molecular flexibility index (Phi) is 7.89. The SMILES string of the molecule is C=CCn1c(SCC(=O)Nc2sc3c(c2C(=O)OC)CCCCCC3)nnc1-c1ccoc1C. The van der Waals surface area contributed by atoms with Gasteiger partial charge < -0.3 is 14.5 Å². The number of methoxy groups -OCH3 is 1. The highest BCUT2D eigenvalue weighted by Crippen LogP contribution is 2.37. The third-order valence-electron chi connectivity index (χ3n) is 5.77. The van der Waals surface area contributed by atoms with E-state index >= 15 is 0 Å². The van der Waals surface area contributed by atoms with Crippen LogP contribution in [0.2, 0.25) is 0 Å². The van der Waals surface area contributed by atoms with Crippen LogP contribution < -0.4 is 5.32 Å². The van der Waals surface area contributed by atoms with Gasteiger partial charge in [-0.2, -0.15) is 0 Å². The highest BCUT2D eigenvalue weighted by Gasteiger charge is 2.26. The molecule has 0 unspecified atom stereocenters. The van der Waals surface area contributed by atoms with Crippen molar-refractivity contribution in [2.24, 2.45) is 0 Å². The summed E-state index contributed by atoms with van der Waals surface area (Å²) >= 11 is 2.78. The van der Waals surface area contributed by atoms with Crippen LogP contribution >= 0.6 is 23.1 Å². The number of nitrogens with zero attached hydrogens (tertiary/aromatic N) is 3. The lowest BCUT2D eigenvalue weighted by molar-refractivity contribution is -0.113. The molecule has 34 heavy (non-hydrogen) atoms. The summed E-state index contributed by atoms with van der Waals surface area (Å²) in [6, 6.07) is 1.84. The fourth-order valence-corrected chi connectivity index (χ4v) is 6.17. The normalized spacial score (nSPS) is 13.6. The molecule has 1 aliphatic rings. The predicted molar refractivity (Wildman–Crippen MR) is 134 cm³/mol. The van der Waals surface area contributed by atoms with Crippen LogP contribution in [0.4, 0.5) is 5.00 Å². The van der Waals surface area contributed by atoms with E-state index in [9.17, 15) is 9.59 Å². The minimum Gasteiger partial charge on any atom is -0.469 e. The molecule has 3 aromatic heterocycles. The van der Waals surface area contributed by atoms with E-state index < -0.39 is 5.97 Å². The molecule has 8 nitrogen and oxygen atoms in total. The van der Waals surface area contributed by atoms with Crippen molar-refractivity contribution in [1.82, 2.24) is 14.8 Å². The van der Waals surface area contributed by atoms with Crippen LogP contribution in [-0.2, 0) is 28.9 Å². The lowest BCUT2D eigenvalue weighted by Gasteiger charge is -2.11. The van der Waals surface area contributed by atoms with Crippen molar-refractivity contribution in [2.45, 2.75) is 57.1 Å². The van der Waals surface area contributed by atoms with E-state index in [0.29, 0.717) is 28.1 Å². The summed E-state index contributed by atoms with van der Waals surface area (Å²) in [5, 5.41) is 12.7. The maximum absolute atomic E-state index is 12.9. The number of rotatable bonds is 8. The number of hydrogen-bond acceptors (Lipinski definition) is 8. The Morgan fingerprint density at radius 1 is 1.29 bits per heavy atom. The monoisotopic (exact) mass is 500 g/mol. The molecule has 0 atom stereocenters. The van der Waals surface area contributed by atoms with Crippen LogP contribution in [0.15, 0.2) is 34.6 Å². The molecule has 0 spiro atoms. The number of allylic oxidation sites excluding steroid dienone is 1. The maximum Gasteiger partial charge on any atom is 0.341 e. The van der Waals surface area contributed by atoms with E-state index in [1.165, 1.54) is 41.5 Å². The van der Waals surface area contributed by atoms with Crippen LogP contribution in [0.3, 0.4) is 0 Å². The van der Waals surface area contributed by atoms with Gasteiger partial charge in [-0.05, 0) is 44.2 Å². The van der Waals surface area contributed by atoms with Gasteiger partial charge in [0.15, 0.2) is 11.0 Å². The van der Waals surface area contributed by atoms with Gasteiger partial charge in [-0.3, -0.25) is 9.36 Å². The average molecular weight is 501 g/mol. The summed E-state index contributed by atoms with van der Waals surface area (Å²) in [6.07, 6.45) is 9.60. The number of carbonyl (C=O) groups excluding carboxylic acids is 2. The van der Waals surface area contributed by atoms with Crippen LogP contribution in [0, 0.1) is 6.92 Å². The van der Waals surface area contributed by atoms with Crippen molar-refractivity contribution in [2.75, 3.05) is 18.2 Å². The molecule has 0 aliphatic heterocycles. The zero-order chi connectivity index (χ0) is 24.1. The number of thioether (sulfide) groups is 1. The number of fused-ring (bicyclic) bond motifs is 1. The third kappa shape index (κ3) is 5.12. The van der Waals surface area contributed by atoms with E-state index in [0.717, 1.165) is 49.0 Å². The van der Waals surface area contributed by atoms with Gasteiger partial charge in [0.25, 0.3) is 0 Å². The first-order valence-corrected chi connectivity index (χ1v) is 13.1. The molecule has 1 aliphatic carbocycles. The van der Waals surface area contributed by atoms with Gasteiger partial charge >= 0.3 is 5.97 Å². The number of ether oxygens (including phenoxy) is 1. The Morgan fingerprint density at radius 2 is 2.09 bits per heavy atom. The van der Waals surface area contributed by atoms with E-state index in [-0.39, 0.29) is 11.7 Å². The summed E-state index contributed by atoms with van der Waals surface area (Å²) < 4.78 is 12.4. The van der Waals surface area contributed by atoms with Crippen molar-refractivity contribution in [3.63, 3.8) is 0 Å². The molecule has 0 bridgehead atoms. The van der Waals surface area contributed by atoms with E-state index in [1.54, 1.807) is 12.3 Å². The molecule has 10 heteroatoms. The molecule has 1 N–H and O–H groups in total.